The predicted octanol–water partition coefficient (Wildman–Crippen LogP) is 0.758. The van der Waals surface area contributed by atoms with E-state index in [-0.39, 0.29) is 11.1 Å². The number of hydrogen-bond donors (Lipinski definition) is 2. The van der Waals surface area contributed by atoms with Gasteiger partial charge in [-0.3, -0.25) is 4.79 Å². The van der Waals surface area contributed by atoms with Gasteiger partial charge in [-0.05, 0) is 20.8 Å². The Morgan fingerprint density at radius 2 is 2.21 bits per heavy atom. The Hall–Kier alpha value is -1.52. The molecule has 0 saturated heterocycles. The fourth-order valence-electron chi connectivity index (χ4n) is 1.54. The normalized spacial score (nSPS) is 15.2. The van der Waals surface area contributed by atoms with Crippen molar-refractivity contribution in [2.24, 2.45) is 0 Å². The van der Waals surface area contributed by atoms with Crippen molar-refractivity contribution in [1.82, 2.24) is 9.97 Å². The van der Waals surface area contributed by atoms with Crippen LogP contribution in [0.15, 0.2) is 11.1 Å². The first-order chi connectivity index (χ1) is 6.50. The highest BCUT2D eigenvalue weighted by atomic mass is 16.1. The third-order valence-corrected chi connectivity index (χ3v) is 2.31. The Morgan fingerprint density at radius 3 is 2.86 bits per heavy atom. The van der Waals surface area contributed by atoms with Crippen molar-refractivity contribution in [2.45, 2.75) is 26.3 Å². The lowest BCUT2D eigenvalue weighted by Crippen LogP contribution is -2.41. The fraction of sp³-hybridized carbons (Fsp3) is 0.556. The summed E-state index contributed by atoms with van der Waals surface area (Å²) in [5, 5.41) is 3.04. The first-order valence-corrected chi connectivity index (χ1v) is 4.59. The largest absolute Gasteiger partial charge is 0.360 e. The zero-order chi connectivity index (χ0) is 10.3. The molecule has 0 spiro atoms. The van der Waals surface area contributed by atoms with Gasteiger partial charge in [-0.2, -0.15) is 0 Å². The molecule has 76 valence electrons. The summed E-state index contributed by atoms with van der Waals surface area (Å²) in [7, 11) is 0. The van der Waals surface area contributed by atoms with Crippen molar-refractivity contribution in [3.8, 4) is 0 Å². The Kier molecular flexibility index (Phi) is 1.77. The van der Waals surface area contributed by atoms with E-state index in [2.05, 4.69) is 41.0 Å². The number of rotatable bonds is 0. The summed E-state index contributed by atoms with van der Waals surface area (Å²) in [4.78, 5) is 20.2. The summed E-state index contributed by atoms with van der Waals surface area (Å²) in [5.41, 5.74) is 0.433. The van der Waals surface area contributed by atoms with Crippen molar-refractivity contribution in [3.05, 3.63) is 16.7 Å². The number of aromatic amines is 1. The van der Waals surface area contributed by atoms with Crippen LogP contribution >= 0.6 is 0 Å². The summed E-state index contributed by atoms with van der Waals surface area (Å²) in [6.07, 6.45) is 1.44. The van der Waals surface area contributed by atoms with E-state index in [9.17, 15) is 4.79 Å². The van der Waals surface area contributed by atoms with E-state index >= 15 is 0 Å². The summed E-state index contributed by atoms with van der Waals surface area (Å²) in [5.74, 6) is 0.737. The SMILES string of the molecule is CC(C)(C)N1CNc2c1nc[nH]c2=O. The molecule has 0 radical (unpaired) electrons. The van der Waals surface area contributed by atoms with Gasteiger partial charge in [0, 0.05) is 5.54 Å². The standard InChI is InChI=1S/C9H14N4O/c1-9(2,3)13-5-12-6-7(13)10-4-11-8(6)14/h4,12H,5H2,1-3H3,(H,10,11,14). The number of fused-ring (bicyclic) bond motifs is 1. The van der Waals surface area contributed by atoms with Gasteiger partial charge in [-0.1, -0.05) is 0 Å². The Balaban J connectivity index is 2.51. The van der Waals surface area contributed by atoms with Crippen LogP contribution in [0.3, 0.4) is 0 Å². The number of nitrogens with zero attached hydrogens (tertiary/aromatic N) is 2. The Bertz CT molecular complexity index is 404. The van der Waals surface area contributed by atoms with E-state index in [4.69, 9.17) is 0 Å². The quantitative estimate of drug-likeness (QED) is 0.640. The molecule has 0 saturated carbocycles. The molecule has 2 heterocycles. The van der Waals surface area contributed by atoms with E-state index in [1.165, 1.54) is 6.33 Å². The van der Waals surface area contributed by atoms with E-state index in [1.54, 1.807) is 0 Å². The predicted molar refractivity (Wildman–Crippen MR) is 55.6 cm³/mol. The van der Waals surface area contributed by atoms with Gasteiger partial charge in [0.1, 0.15) is 5.69 Å². The van der Waals surface area contributed by atoms with Gasteiger partial charge in [-0.15, -0.1) is 0 Å². The first kappa shape index (κ1) is 9.05. The highest BCUT2D eigenvalue weighted by Crippen LogP contribution is 2.30. The van der Waals surface area contributed by atoms with E-state index < -0.39 is 0 Å². The minimum absolute atomic E-state index is 0.0287. The minimum atomic E-state index is -0.109. The minimum Gasteiger partial charge on any atom is -0.360 e. The molecule has 5 nitrogen and oxygen atoms in total. The van der Waals surface area contributed by atoms with Crippen molar-refractivity contribution in [1.29, 1.82) is 0 Å². The molecular formula is C9H14N4O. The molecule has 2 rings (SSSR count). The second kappa shape index (κ2) is 2.73. The van der Waals surface area contributed by atoms with Crippen LogP contribution < -0.4 is 15.8 Å². The molecule has 0 aliphatic carbocycles. The van der Waals surface area contributed by atoms with Gasteiger partial charge in [-0.25, -0.2) is 4.98 Å². The molecule has 0 aromatic carbocycles. The summed E-state index contributed by atoms with van der Waals surface area (Å²) >= 11 is 0. The van der Waals surface area contributed by atoms with E-state index in [0.29, 0.717) is 12.4 Å². The molecule has 0 amide bonds. The second-order valence-corrected chi connectivity index (χ2v) is 4.36. The van der Waals surface area contributed by atoms with Crippen molar-refractivity contribution in [3.63, 3.8) is 0 Å². The van der Waals surface area contributed by atoms with Crippen LogP contribution in [-0.4, -0.2) is 22.2 Å². The lowest BCUT2D eigenvalue weighted by Gasteiger charge is -2.32. The second-order valence-electron chi connectivity index (χ2n) is 4.36. The summed E-state index contributed by atoms with van der Waals surface area (Å²) in [6, 6.07) is 0. The van der Waals surface area contributed by atoms with Crippen molar-refractivity contribution < 1.29 is 0 Å². The zero-order valence-electron chi connectivity index (χ0n) is 8.59. The van der Waals surface area contributed by atoms with Crippen molar-refractivity contribution in [2.75, 3.05) is 16.9 Å². The third-order valence-electron chi connectivity index (χ3n) is 2.31. The highest BCUT2D eigenvalue weighted by molar-refractivity contribution is 5.70. The molecule has 1 aromatic heterocycles. The lowest BCUT2D eigenvalue weighted by molar-refractivity contribution is 0.520. The van der Waals surface area contributed by atoms with Crippen LogP contribution in [0.2, 0.25) is 0 Å². The number of H-pyrrole nitrogens is 1. The number of aromatic nitrogens is 2. The van der Waals surface area contributed by atoms with E-state index in [0.717, 1.165) is 5.82 Å². The molecule has 1 aliphatic rings. The fourth-order valence-corrected chi connectivity index (χ4v) is 1.54. The monoisotopic (exact) mass is 194 g/mol. The maximum absolute atomic E-state index is 11.4. The maximum atomic E-state index is 11.4. The lowest BCUT2D eigenvalue weighted by atomic mass is 10.1. The molecule has 14 heavy (non-hydrogen) atoms. The van der Waals surface area contributed by atoms with Crippen LogP contribution in [0.5, 0.6) is 0 Å². The summed E-state index contributed by atoms with van der Waals surface area (Å²) in [6.45, 7) is 6.91. The van der Waals surface area contributed by atoms with Gasteiger partial charge in [0.05, 0.1) is 13.0 Å². The molecule has 0 atom stereocenters. The molecule has 1 aromatic rings. The van der Waals surface area contributed by atoms with Gasteiger partial charge in [0.25, 0.3) is 5.56 Å². The Morgan fingerprint density at radius 1 is 1.50 bits per heavy atom. The third kappa shape index (κ3) is 1.25. The van der Waals surface area contributed by atoms with Crippen LogP contribution in [0, 0.1) is 0 Å². The van der Waals surface area contributed by atoms with Gasteiger partial charge in [0.2, 0.25) is 0 Å². The van der Waals surface area contributed by atoms with Crippen LogP contribution in [0.4, 0.5) is 11.5 Å². The number of anilines is 2. The smallest absolute Gasteiger partial charge is 0.276 e. The molecule has 0 unspecified atom stereocenters. The van der Waals surface area contributed by atoms with E-state index in [1.807, 2.05) is 0 Å². The first-order valence-electron chi connectivity index (χ1n) is 4.59. The average molecular weight is 194 g/mol. The zero-order valence-corrected chi connectivity index (χ0v) is 8.59. The maximum Gasteiger partial charge on any atom is 0.276 e. The average Bonchev–Trinajstić information content (AvgIpc) is 2.47. The van der Waals surface area contributed by atoms with Crippen LogP contribution in [0.1, 0.15) is 20.8 Å². The molecule has 0 bridgehead atoms. The van der Waals surface area contributed by atoms with Gasteiger partial charge >= 0.3 is 0 Å². The molecule has 1 aliphatic heterocycles. The van der Waals surface area contributed by atoms with Crippen LogP contribution in [0.25, 0.3) is 0 Å². The highest BCUT2D eigenvalue weighted by Gasteiger charge is 2.30. The molecule has 2 N–H and O–H groups in total. The Labute approximate surface area is 82.2 Å². The van der Waals surface area contributed by atoms with Crippen LogP contribution in [-0.2, 0) is 0 Å². The van der Waals surface area contributed by atoms with Gasteiger partial charge < -0.3 is 15.2 Å². The molecule has 5 heteroatoms. The summed E-state index contributed by atoms with van der Waals surface area (Å²) < 4.78 is 0. The van der Waals surface area contributed by atoms with Crippen molar-refractivity contribution >= 4 is 11.5 Å². The molecule has 0 fully saturated rings. The number of hydrogen-bond acceptors (Lipinski definition) is 4. The number of nitrogens with one attached hydrogen (secondary N) is 2. The van der Waals surface area contributed by atoms with Gasteiger partial charge in [0.15, 0.2) is 5.82 Å². The topological polar surface area (TPSA) is 61.0 Å². The molecular weight excluding hydrogens is 180 g/mol.